The Balaban J connectivity index is 1.77. The number of aromatic nitrogens is 3. The van der Waals surface area contributed by atoms with Gasteiger partial charge in [0.05, 0.1) is 17.4 Å². The molecule has 3 N–H and O–H groups in total. The molecule has 0 radical (unpaired) electrons. The van der Waals surface area contributed by atoms with Gasteiger partial charge in [-0.3, -0.25) is 0 Å². The summed E-state index contributed by atoms with van der Waals surface area (Å²) in [6.45, 7) is 3.34. The van der Waals surface area contributed by atoms with Crippen LogP contribution in [0, 0.1) is 5.92 Å². The SMILES string of the molecule is CC1(C2CCC(N)CC2)CNc2cnc3nccc-3n21. The highest BCUT2D eigenvalue weighted by atomic mass is 15.3. The van der Waals surface area contributed by atoms with Crippen LogP contribution in [0.4, 0.5) is 5.82 Å². The molecule has 0 saturated heterocycles. The highest BCUT2D eigenvalue weighted by molar-refractivity contribution is 5.59. The second-order valence-electron chi connectivity index (χ2n) is 6.45. The molecule has 1 aliphatic carbocycles. The topological polar surface area (TPSA) is 68.8 Å². The zero-order chi connectivity index (χ0) is 13.7. The second-order valence-corrected chi connectivity index (χ2v) is 6.45. The lowest BCUT2D eigenvalue weighted by molar-refractivity contribution is 0.163. The van der Waals surface area contributed by atoms with Crippen molar-refractivity contribution in [2.24, 2.45) is 11.7 Å². The molecule has 3 heterocycles. The molecular formula is C15H21N5. The van der Waals surface area contributed by atoms with Crippen LogP contribution < -0.4 is 11.1 Å². The predicted molar refractivity (Wildman–Crippen MR) is 78.7 cm³/mol. The van der Waals surface area contributed by atoms with E-state index in [-0.39, 0.29) is 5.54 Å². The van der Waals surface area contributed by atoms with E-state index in [0.717, 1.165) is 36.7 Å². The Hall–Kier alpha value is -1.62. The molecule has 3 aliphatic heterocycles. The van der Waals surface area contributed by atoms with Crippen LogP contribution in [0.3, 0.4) is 0 Å². The number of nitrogens with two attached hydrogens (primary N) is 1. The first-order valence-electron chi connectivity index (χ1n) is 7.51. The number of nitrogens with zero attached hydrogens (tertiary/aromatic N) is 3. The highest BCUT2D eigenvalue weighted by Crippen LogP contribution is 2.44. The molecule has 0 aromatic rings. The van der Waals surface area contributed by atoms with Gasteiger partial charge in [0.1, 0.15) is 5.82 Å². The molecule has 1 unspecified atom stereocenters. The van der Waals surface area contributed by atoms with E-state index in [1.54, 1.807) is 0 Å². The molecule has 1 fully saturated rings. The maximum Gasteiger partial charge on any atom is 0.176 e. The van der Waals surface area contributed by atoms with Crippen molar-refractivity contribution in [1.82, 2.24) is 14.5 Å². The van der Waals surface area contributed by atoms with E-state index in [1.165, 1.54) is 12.8 Å². The summed E-state index contributed by atoms with van der Waals surface area (Å²) >= 11 is 0. The van der Waals surface area contributed by atoms with Crippen molar-refractivity contribution >= 4 is 5.82 Å². The molecule has 106 valence electrons. The molecule has 0 bridgehead atoms. The van der Waals surface area contributed by atoms with Gasteiger partial charge in [0.2, 0.25) is 0 Å². The first-order valence-corrected chi connectivity index (χ1v) is 7.51. The Labute approximate surface area is 118 Å². The van der Waals surface area contributed by atoms with Gasteiger partial charge in [0, 0.05) is 18.8 Å². The third-order valence-electron chi connectivity index (χ3n) is 5.24. The van der Waals surface area contributed by atoms with Crippen molar-refractivity contribution in [3.05, 3.63) is 18.5 Å². The number of hydrogen-bond acceptors (Lipinski definition) is 4. The van der Waals surface area contributed by atoms with Gasteiger partial charge >= 0.3 is 0 Å². The fourth-order valence-corrected chi connectivity index (χ4v) is 3.99. The summed E-state index contributed by atoms with van der Waals surface area (Å²) in [5.74, 6) is 2.63. The lowest BCUT2D eigenvalue weighted by atomic mass is 9.74. The van der Waals surface area contributed by atoms with Gasteiger partial charge in [-0.15, -0.1) is 0 Å². The fraction of sp³-hybridized carbons (Fsp3) is 0.600. The number of fused-ring (bicyclic) bond motifs is 3. The lowest BCUT2D eigenvalue weighted by Crippen LogP contribution is -2.43. The molecule has 4 rings (SSSR count). The summed E-state index contributed by atoms with van der Waals surface area (Å²) in [7, 11) is 0. The van der Waals surface area contributed by atoms with E-state index in [2.05, 4.69) is 32.8 Å². The predicted octanol–water partition coefficient (Wildman–Crippen LogP) is 2.04. The van der Waals surface area contributed by atoms with Crippen molar-refractivity contribution in [2.45, 2.75) is 44.2 Å². The Kier molecular flexibility index (Phi) is 2.54. The highest BCUT2D eigenvalue weighted by Gasteiger charge is 2.43. The van der Waals surface area contributed by atoms with E-state index < -0.39 is 0 Å². The van der Waals surface area contributed by atoms with Gasteiger partial charge in [-0.05, 0) is 44.6 Å². The molecule has 4 aliphatic rings. The minimum atomic E-state index is 0.104. The minimum Gasteiger partial charge on any atom is -0.368 e. The van der Waals surface area contributed by atoms with E-state index in [9.17, 15) is 0 Å². The molecule has 0 spiro atoms. The third kappa shape index (κ3) is 1.59. The fourth-order valence-electron chi connectivity index (χ4n) is 3.99. The number of anilines is 1. The van der Waals surface area contributed by atoms with Gasteiger partial charge in [-0.1, -0.05) is 0 Å². The number of nitrogens with one attached hydrogen (secondary N) is 1. The van der Waals surface area contributed by atoms with Crippen LogP contribution in [-0.4, -0.2) is 27.1 Å². The second kappa shape index (κ2) is 4.19. The van der Waals surface area contributed by atoms with Gasteiger partial charge in [-0.25, -0.2) is 9.97 Å². The molecule has 0 aromatic heterocycles. The van der Waals surface area contributed by atoms with E-state index in [4.69, 9.17) is 5.73 Å². The average Bonchev–Trinajstić information content (AvgIpc) is 3.04. The molecule has 1 saturated carbocycles. The van der Waals surface area contributed by atoms with Gasteiger partial charge < -0.3 is 15.6 Å². The Morgan fingerprint density at radius 1 is 1.30 bits per heavy atom. The van der Waals surface area contributed by atoms with Crippen LogP contribution >= 0.6 is 0 Å². The van der Waals surface area contributed by atoms with Crippen molar-refractivity contribution in [3.8, 4) is 11.5 Å². The summed E-state index contributed by atoms with van der Waals surface area (Å²) in [6.07, 6.45) is 8.47. The molecule has 0 amide bonds. The Morgan fingerprint density at radius 2 is 2.10 bits per heavy atom. The molecule has 1 atom stereocenters. The molecule has 5 heteroatoms. The monoisotopic (exact) mass is 271 g/mol. The largest absolute Gasteiger partial charge is 0.368 e. The van der Waals surface area contributed by atoms with Crippen molar-refractivity contribution in [3.63, 3.8) is 0 Å². The summed E-state index contributed by atoms with van der Waals surface area (Å²) in [6, 6.07) is 2.47. The van der Waals surface area contributed by atoms with Crippen LogP contribution in [0.15, 0.2) is 18.5 Å². The quantitative estimate of drug-likeness (QED) is 0.833. The summed E-state index contributed by atoms with van der Waals surface area (Å²) in [5, 5.41) is 3.52. The average molecular weight is 271 g/mol. The maximum absolute atomic E-state index is 6.06. The number of hydrogen-bond donors (Lipinski definition) is 2. The molecular weight excluding hydrogens is 250 g/mol. The normalized spacial score (nSPS) is 33.1. The Bertz CT molecular complexity index is 598. The van der Waals surface area contributed by atoms with E-state index >= 15 is 0 Å². The first-order chi connectivity index (χ1) is 9.68. The molecule has 0 aromatic carbocycles. The van der Waals surface area contributed by atoms with Crippen LogP contribution in [0.25, 0.3) is 11.5 Å². The van der Waals surface area contributed by atoms with Crippen LogP contribution in [0.2, 0.25) is 0 Å². The zero-order valence-electron chi connectivity index (χ0n) is 11.8. The van der Waals surface area contributed by atoms with Crippen molar-refractivity contribution < 1.29 is 0 Å². The standard InChI is InChI=1S/C15H21N5/c1-15(10-2-4-11(16)5-3-10)9-19-13-8-18-14-12(20(13)15)6-7-17-14/h6-8,10-11,19H,2-5,9,16H2,1H3. The van der Waals surface area contributed by atoms with Gasteiger partial charge in [0.25, 0.3) is 0 Å². The summed E-state index contributed by atoms with van der Waals surface area (Å²) in [5.41, 5.74) is 7.31. The number of rotatable bonds is 1. The Morgan fingerprint density at radius 3 is 2.90 bits per heavy atom. The van der Waals surface area contributed by atoms with Crippen LogP contribution in [-0.2, 0) is 5.54 Å². The van der Waals surface area contributed by atoms with Crippen molar-refractivity contribution in [1.29, 1.82) is 0 Å². The zero-order valence-corrected chi connectivity index (χ0v) is 11.8. The summed E-state index contributed by atoms with van der Waals surface area (Å²) in [4.78, 5) is 8.76. The van der Waals surface area contributed by atoms with Crippen LogP contribution in [0.5, 0.6) is 0 Å². The lowest BCUT2D eigenvalue weighted by Gasteiger charge is -2.40. The van der Waals surface area contributed by atoms with E-state index in [0.29, 0.717) is 12.0 Å². The smallest absolute Gasteiger partial charge is 0.176 e. The van der Waals surface area contributed by atoms with Crippen LogP contribution in [0.1, 0.15) is 32.6 Å². The first kappa shape index (κ1) is 12.1. The summed E-state index contributed by atoms with van der Waals surface area (Å²) < 4.78 is 2.42. The maximum atomic E-state index is 6.06. The van der Waals surface area contributed by atoms with E-state index in [1.807, 2.05) is 12.4 Å². The minimum absolute atomic E-state index is 0.104. The third-order valence-corrected chi connectivity index (χ3v) is 5.24. The molecule has 20 heavy (non-hydrogen) atoms. The van der Waals surface area contributed by atoms with Gasteiger partial charge in [0.15, 0.2) is 5.82 Å². The van der Waals surface area contributed by atoms with Gasteiger partial charge in [-0.2, -0.15) is 0 Å². The van der Waals surface area contributed by atoms with Crippen molar-refractivity contribution in [2.75, 3.05) is 11.9 Å². The molecule has 5 nitrogen and oxygen atoms in total.